The molecule has 1 aliphatic rings. The molecule has 0 aliphatic heterocycles. The molecule has 1 aromatic carbocycles. The Kier molecular flexibility index (Phi) is 6.87. The van der Waals surface area contributed by atoms with Crippen LogP contribution < -0.4 is 0 Å². The number of carbonyl (C=O) groups excluding carboxylic acids is 1. The van der Waals surface area contributed by atoms with Gasteiger partial charge in [-0.15, -0.1) is 0 Å². The average Bonchev–Trinajstić information content (AvgIpc) is 2.90. The van der Waals surface area contributed by atoms with Gasteiger partial charge in [0.2, 0.25) is 0 Å². The fourth-order valence-electron chi connectivity index (χ4n) is 3.96. The molecule has 1 heterocycles. The minimum absolute atomic E-state index is 0.291. The third-order valence-electron chi connectivity index (χ3n) is 6.24. The number of rotatable bonds is 8. The number of nitrogens with zero attached hydrogens (tertiary/aromatic N) is 2. The molecular weight excluding hydrogens is 392 g/mol. The lowest BCUT2D eigenvalue weighted by Crippen LogP contribution is -2.22. The Morgan fingerprint density at radius 2 is 1.90 bits per heavy atom. The first kappa shape index (κ1) is 22.8. The first-order valence-corrected chi connectivity index (χ1v) is 14.7. The summed E-state index contributed by atoms with van der Waals surface area (Å²) in [6.07, 6.45) is 3.66. The molecule has 0 saturated heterocycles. The van der Waals surface area contributed by atoms with Crippen molar-refractivity contribution in [1.29, 1.82) is 0 Å². The van der Waals surface area contributed by atoms with E-state index < -0.39 is 8.07 Å². The zero-order valence-corrected chi connectivity index (χ0v) is 20.6. The van der Waals surface area contributed by atoms with E-state index in [1.807, 2.05) is 24.6 Å². The molecule has 1 aliphatic carbocycles. The highest BCUT2D eigenvalue weighted by molar-refractivity contribution is 6.76. The zero-order valence-electron chi connectivity index (χ0n) is 19.6. The molecule has 0 unspecified atom stereocenters. The van der Waals surface area contributed by atoms with Crippen molar-refractivity contribution in [2.45, 2.75) is 78.4 Å². The lowest BCUT2D eigenvalue weighted by molar-refractivity contribution is 0.0600. The van der Waals surface area contributed by atoms with Crippen molar-refractivity contribution in [2.24, 2.45) is 0 Å². The number of hydrogen-bond acceptors (Lipinski definition) is 4. The molecule has 0 amide bonds. The Morgan fingerprint density at radius 1 is 1.20 bits per heavy atom. The maximum Gasteiger partial charge on any atom is 0.338 e. The minimum atomic E-state index is -1.14. The summed E-state index contributed by atoms with van der Waals surface area (Å²) in [5.74, 6) is 0.252. The quantitative estimate of drug-likeness (QED) is 0.301. The number of esters is 1. The summed E-state index contributed by atoms with van der Waals surface area (Å²) in [6, 6.07) is 5.33. The van der Waals surface area contributed by atoms with Crippen LogP contribution in [0.4, 0.5) is 0 Å². The van der Waals surface area contributed by atoms with Crippen LogP contribution in [0, 0.1) is 20.8 Å². The van der Waals surface area contributed by atoms with E-state index in [0.717, 1.165) is 40.7 Å². The monoisotopic (exact) mass is 428 g/mol. The molecule has 30 heavy (non-hydrogen) atoms. The Labute approximate surface area is 181 Å². The Bertz CT molecular complexity index is 924. The molecule has 3 rings (SSSR count). The fraction of sp³-hybridized carbons (Fsp3) is 0.583. The maximum atomic E-state index is 12.4. The van der Waals surface area contributed by atoms with Crippen LogP contribution in [-0.2, 0) is 16.2 Å². The van der Waals surface area contributed by atoms with Gasteiger partial charge in [0, 0.05) is 20.2 Å². The summed E-state index contributed by atoms with van der Waals surface area (Å²) < 4.78 is 13.1. The molecule has 1 fully saturated rings. The van der Waals surface area contributed by atoms with Crippen LogP contribution in [0.25, 0.3) is 11.3 Å². The Balaban J connectivity index is 2.02. The molecule has 0 radical (unpaired) electrons. The van der Waals surface area contributed by atoms with Crippen LogP contribution in [0.3, 0.4) is 0 Å². The molecular formula is C24H36N2O3Si. The van der Waals surface area contributed by atoms with Crippen molar-refractivity contribution < 1.29 is 14.3 Å². The smallest absolute Gasteiger partial charge is 0.338 e. The lowest BCUT2D eigenvalue weighted by Gasteiger charge is -2.29. The first-order chi connectivity index (χ1) is 14.1. The lowest BCUT2D eigenvalue weighted by atomic mass is 9.76. The van der Waals surface area contributed by atoms with Gasteiger partial charge in [0.15, 0.2) is 0 Å². The van der Waals surface area contributed by atoms with Crippen LogP contribution in [-0.4, -0.2) is 37.5 Å². The third-order valence-corrected chi connectivity index (χ3v) is 7.94. The minimum Gasteiger partial charge on any atom is -0.465 e. The highest BCUT2D eigenvalue weighted by atomic mass is 28.3. The second-order valence-electron chi connectivity index (χ2n) is 9.78. The average molecular weight is 429 g/mol. The molecule has 5 nitrogen and oxygen atoms in total. The summed E-state index contributed by atoms with van der Waals surface area (Å²) >= 11 is 0. The van der Waals surface area contributed by atoms with Gasteiger partial charge in [-0.05, 0) is 68.3 Å². The summed E-state index contributed by atoms with van der Waals surface area (Å²) in [5.41, 5.74) is 7.21. The molecule has 1 aromatic heterocycles. The van der Waals surface area contributed by atoms with Gasteiger partial charge in [0.25, 0.3) is 0 Å². The number of methoxy groups -OCH3 is 1. The number of benzene rings is 1. The second kappa shape index (κ2) is 9.06. The van der Waals surface area contributed by atoms with Gasteiger partial charge in [-0.1, -0.05) is 32.1 Å². The Morgan fingerprint density at radius 3 is 2.47 bits per heavy atom. The van der Waals surface area contributed by atoms with Crippen molar-refractivity contribution in [3.63, 3.8) is 0 Å². The molecule has 164 valence electrons. The standard InChI is InChI=1S/C24H36N2O3Si/c1-16-13-21(19-9-8-10-19)22(14-20(16)24(27)28-4)23-17(2)18(3)25-26(23)15-29-11-12-30(5,6)7/h13-14,19H,8-12,15H2,1-7H3. The van der Waals surface area contributed by atoms with E-state index in [1.54, 1.807) is 0 Å². The van der Waals surface area contributed by atoms with Crippen LogP contribution in [0.15, 0.2) is 12.1 Å². The van der Waals surface area contributed by atoms with E-state index in [0.29, 0.717) is 18.2 Å². The van der Waals surface area contributed by atoms with Gasteiger partial charge in [-0.25, -0.2) is 9.48 Å². The largest absolute Gasteiger partial charge is 0.465 e. The molecule has 6 heteroatoms. The maximum absolute atomic E-state index is 12.4. The van der Waals surface area contributed by atoms with E-state index in [2.05, 4.69) is 32.6 Å². The molecule has 0 N–H and O–H groups in total. The van der Waals surface area contributed by atoms with Crippen LogP contribution in [0.5, 0.6) is 0 Å². The fourth-order valence-corrected chi connectivity index (χ4v) is 4.71. The van der Waals surface area contributed by atoms with Crippen molar-refractivity contribution >= 4 is 14.0 Å². The van der Waals surface area contributed by atoms with Gasteiger partial charge in [0.1, 0.15) is 6.73 Å². The number of aromatic nitrogens is 2. The zero-order chi connectivity index (χ0) is 22.1. The normalized spacial score (nSPS) is 14.6. The number of aryl methyl sites for hydroxylation is 2. The van der Waals surface area contributed by atoms with E-state index in [4.69, 9.17) is 14.6 Å². The molecule has 2 aromatic rings. The summed E-state index contributed by atoms with van der Waals surface area (Å²) in [6.45, 7) is 14.4. The summed E-state index contributed by atoms with van der Waals surface area (Å²) in [4.78, 5) is 12.4. The van der Waals surface area contributed by atoms with Crippen molar-refractivity contribution in [1.82, 2.24) is 9.78 Å². The van der Waals surface area contributed by atoms with Crippen LogP contribution in [0.2, 0.25) is 25.7 Å². The van der Waals surface area contributed by atoms with E-state index in [1.165, 1.54) is 31.9 Å². The predicted octanol–water partition coefficient (Wildman–Crippen LogP) is 5.84. The molecule has 0 atom stereocenters. The van der Waals surface area contributed by atoms with Crippen molar-refractivity contribution in [2.75, 3.05) is 13.7 Å². The summed E-state index contributed by atoms with van der Waals surface area (Å²) in [7, 11) is 0.301. The van der Waals surface area contributed by atoms with Gasteiger partial charge < -0.3 is 9.47 Å². The molecule has 1 saturated carbocycles. The van der Waals surface area contributed by atoms with Gasteiger partial charge >= 0.3 is 5.97 Å². The first-order valence-electron chi connectivity index (χ1n) is 11.0. The number of hydrogen-bond donors (Lipinski definition) is 0. The van der Waals surface area contributed by atoms with E-state index in [9.17, 15) is 4.79 Å². The highest BCUT2D eigenvalue weighted by Gasteiger charge is 2.27. The summed E-state index contributed by atoms with van der Waals surface area (Å²) in [5, 5.41) is 4.77. The van der Waals surface area contributed by atoms with Crippen molar-refractivity contribution in [3.05, 3.63) is 40.1 Å². The second-order valence-corrected chi connectivity index (χ2v) is 15.4. The molecule has 0 spiro atoms. The third kappa shape index (κ3) is 4.86. The topological polar surface area (TPSA) is 53.3 Å². The van der Waals surface area contributed by atoms with Crippen LogP contribution in [0.1, 0.15) is 57.9 Å². The predicted molar refractivity (Wildman–Crippen MR) is 124 cm³/mol. The van der Waals surface area contributed by atoms with E-state index in [-0.39, 0.29) is 5.97 Å². The van der Waals surface area contributed by atoms with Gasteiger partial charge in [-0.3, -0.25) is 0 Å². The van der Waals surface area contributed by atoms with E-state index >= 15 is 0 Å². The molecule has 0 bridgehead atoms. The number of ether oxygens (including phenoxy) is 2. The Hall–Kier alpha value is -1.92. The van der Waals surface area contributed by atoms with Crippen LogP contribution >= 0.6 is 0 Å². The highest BCUT2D eigenvalue weighted by Crippen LogP contribution is 2.43. The van der Waals surface area contributed by atoms with Gasteiger partial charge in [0.05, 0.1) is 24.1 Å². The van der Waals surface area contributed by atoms with Crippen molar-refractivity contribution in [3.8, 4) is 11.3 Å². The number of carbonyl (C=O) groups is 1. The SMILES string of the molecule is COC(=O)c1cc(-c2c(C)c(C)nn2COCC[Si](C)(C)C)c(C2CCC2)cc1C. The van der Waals surface area contributed by atoms with Gasteiger partial charge in [-0.2, -0.15) is 5.10 Å².